The minimum absolute atomic E-state index is 0. The van der Waals surface area contributed by atoms with Gasteiger partial charge in [0.1, 0.15) is 11.4 Å². The predicted octanol–water partition coefficient (Wildman–Crippen LogP) is 4.68. The molecule has 1 fully saturated rings. The van der Waals surface area contributed by atoms with E-state index in [0.717, 1.165) is 37.4 Å². The van der Waals surface area contributed by atoms with E-state index in [1.807, 2.05) is 24.3 Å². The van der Waals surface area contributed by atoms with E-state index < -0.39 is 5.67 Å². The Morgan fingerprint density at radius 2 is 2.04 bits per heavy atom. The van der Waals surface area contributed by atoms with Crippen molar-refractivity contribution in [2.24, 2.45) is 0 Å². The fourth-order valence-corrected chi connectivity index (χ4v) is 3.75. The van der Waals surface area contributed by atoms with Crippen LogP contribution in [0, 0.1) is 0 Å². The van der Waals surface area contributed by atoms with Gasteiger partial charge in [-0.1, -0.05) is 12.1 Å². The summed E-state index contributed by atoms with van der Waals surface area (Å²) in [6.45, 7) is 2.65. The van der Waals surface area contributed by atoms with Crippen molar-refractivity contribution in [3.63, 3.8) is 0 Å². The van der Waals surface area contributed by atoms with Crippen LogP contribution < -0.4 is 4.74 Å². The monoisotopic (exact) mass is 355 g/mol. The van der Waals surface area contributed by atoms with Crippen molar-refractivity contribution in [3.8, 4) is 5.75 Å². The van der Waals surface area contributed by atoms with Crippen LogP contribution >= 0.6 is 23.7 Å². The molecule has 2 aromatic rings. The Morgan fingerprint density at radius 1 is 1.26 bits per heavy atom. The van der Waals surface area contributed by atoms with Crippen molar-refractivity contribution in [1.82, 2.24) is 4.90 Å². The Kier molecular flexibility index (Phi) is 6.45. The van der Waals surface area contributed by atoms with E-state index in [-0.39, 0.29) is 12.4 Å². The molecule has 2 heterocycles. The third kappa shape index (κ3) is 4.46. The van der Waals surface area contributed by atoms with Crippen LogP contribution in [0.15, 0.2) is 41.1 Å². The van der Waals surface area contributed by atoms with Crippen molar-refractivity contribution in [2.45, 2.75) is 24.9 Å². The summed E-state index contributed by atoms with van der Waals surface area (Å²) in [4.78, 5) is 2.37. The maximum absolute atomic E-state index is 15.2. The van der Waals surface area contributed by atoms with E-state index in [4.69, 9.17) is 4.74 Å². The first-order chi connectivity index (χ1) is 10.7. The van der Waals surface area contributed by atoms with Crippen LogP contribution in [0.4, 0.5) is 4.39 Å². The Balaban J connectivity index is 0.00000192. The van der Waals surface area contributed by atoms with Crippen LogP contribution in [0.2, 0.25) is 0 Å². The number of thiophene rings is 1. The molecule has 1 aromatic carbocycles. The number of alkyl halides is 1. The second-order valence-electron chi connectivity index (χ2n) is 5.92. The maximum atomic E-state index is 15.2. The number of ether oxygens (including phenoxy) is 1. The normalized spacial score (nSPS) is 17.5. The van der Waals surface area contributed by atoms with Gasteiger partial charge in [-0.25, -0.2) is 4.39 Å². The summed E-state index contributed by atoms with van der Waals surface area (Å²) >= 11 is 1.74. The summed E-state index contributed by atoms with van der Waals surface area (Å²) in [6.07, 6.45) is 2.18. The van der Waals surface area contributed by atoms with Gasteiger partial charge in [-0.3, -0.25) is 0 Å². The summed E-state index contributed by atoms with van der Waals surface area (Å²) in [7, 11) is 1.62. The van der Waals surface area contributed by atoms with E-state index >= 15 is 4.39 Å². The largest absolute Gasteiger partial charge is 0.497 e. The highest BCUT2D eigenvalue weighted by Gasteiger charge is 2.36. The number of methoxy groups -OCH3 is 1. The third-order valence-electron chi connectivity index (χ3n) is 4.53. The molecule has 0 atom stereocenters. The fraction of sp³-hybridized carbons (Fsp3) is 0.444. The first-order valence-corrected chi connectivity index (χ1v) is 8.71. The molecular formula is C18H23ClFNOS. The van der Waals surface area contributed by atoms with Crippen LogP contribution in [-0.2, 0) is 12.1 Å². The number of nitrogens with zero attached hydrogens (tertiary/aromatic N) is 1. The van der Waals surface area contributed by atoms with Gasteiger partial charge in [0.25, 0.3) is 0 Å². The third-order valence-corrected chi connectivity index (χ3v) is 5.26. The molecule has 0 bridgehead atoms. The van der Waals surface area contributed by atoms with Gasteiger partial charge in [-0.2, -0.15) is 11.3 Å². The van der Waals surface area contributed by atoms with Crippen LogP contribution in [-0.4, -0.2) is 31.6 Å². The smallest absolute Gasteiger partial charge is 0.138 e. The lowest BCUT2D eigenvalue weighted by atomic mass is 9.86. The molecular weight excluding hydrogens is 333 g/mol. The summed E-state index contributed by atoms with van der Waals surface area (Å²) in [5.74, 6) is 0.731. The van der Waals surface area contributed by atoms with Crippen molar-refractivity contribution in [3.05, 3.63) is 52.2 Å². The summed E-state index contributed by atoms with van der Waals surface area (Å²) in [6, 6.07) is 9.62. The van der Waals surface area contributed by atoms with E-state index in [9.17, 15) is 0 Å². The van der Waals surface area contributed by atoms with Crippen molar-refractivity contribution in [1.29, 1.82) is 0 Å². The molecule has 126 valence electrons. The Morgan fingerprint density at radius 3 is 2.70 bits per heavy atom. The second-order valence-corrected chi connectivity index (χ2v) is 6.70. The van der Waals surface area contributed by atoms with E-state index in [1.165, 1.54) is 5.56 Å². The van der Waals surface area contributed by atoms with E-state index in [1.54, 1.807) is 18.4 Å². The number of piperidine rings is 1. The quantitative estimate of drug-likeness (QED) is 0.772. The Hall–Kier alpha value is -1.10. The number of halogens is 2. The molecule has 0 amide bonds. The average molecular weight is 356 g/mol. The van der Waals surface area contributed by atoms with E-state index in [2.05, 4.69) is 21.7 Å². The van der Waals surface area contributed by atoms with Gasteiger partial charge in [-0.05, 0) is 59.3 Å². The molecule has 1 aliphatic rings. The highest BCUT2D eigenvalue weighted by Crippen LogP contribution is 2.38. The summed E-state index contributed by atoms with van der Waals surface area (Å²) in [5, 5.41) is 4.31. The molecule has 0 N–H and O–H groups in total. The average Bonchev–Trinajstić information content (AvgIpc) is 3.08. The standard InChI is InChI=1S/C18H22FNOS.ClH/c1-21-17-4-2-3-16(13-17)18(19)7-10-20(11-8-18)9-5-15-6-12-22-14-15;/h2-4,6,12-14H,5,7-11H2,1H3;1H. The molecule has 0 radical (unpaired) electrons. The SMILES string of the molecule is COc1cccc(C2(F)CCN(CCc3ccsc3)CC2)c1.Cl. The van der Waals surface area contributed by atoms with E-state index in [0.29, 0.717) is 12.8 Å². The molecule has 0 saturated carbocycles. The fourth-order valence-electron chi connectivity index (χ4n) is 3.04. The summed E-state index contributed by atoms with van der Waals surface area (Å²) in [5.41, 5.74) is 0.923. The highest BCUT2D eigenvalue weighted by molar-refractivity contribution is 7.07. The topological polar surface area (TPSA) is 12.5 Å². The van der Waals surface area contributed by atoms with Crippen LogP contribution in [0.3, 0.4) is 0 Å². The maximum Gasteiger partial charge on any atom is 0.138 e. The molecule has 1 aromatic heterocycles. The molecule has 0 aliphatic carbocycles. The molecule has 5 heteroatoms. The number of hydrogen-bond acceptors (Lipinski definition) is 3. The van der Waals surface area contributed by atoms with Crippen LogP contribution in [0.1, 0.15) is 24.0 Å². The molecule has 3 rings (SSSR count). The Labute approximate surface area is 147 Å². The van der Waals surface area contributed by atoms with Crippen LogP contribution in [0.25, 0.3) is 0 Å². The van der Waals surface area contributed by atoms with Gasteiger partial charge in [0.05, 0.1) is 7.11 Å². The lowest BCUT2D eigenvalue weighted by Crippen LogP contribution is -2.41. The highest BCUT2D eigenvalue weighted by atomic mass is 35.5. The van der Waals surface area contributed by atoms with Crippen molar-refractivity contribution < 1.29 is 9.13 Å². The molecule has 0 spiro atoms. The van der Waals surface area contributed by atoms with Gasteiger partial charge in [0.2, 0.25) is 0 Å². The minimum Gasteiger partial charge on any atom is -0.497 e. The molecule has 23 heavy (non-hydrogen) atoms. The first kappa shape index (κ1) is 18.2. The molecule has 2 nitrogen and oxygen atoms in total. The zero-order valence-corrected chi connectivity index (χ0v) is 15.0. The van der Waals surface area contributed by atoms with Crippen molar-refractivity contribution >= 4 is 23.7 Å². The zero-order chi connectivity index (χ0) is 15.4. The van der Waals surface area contributed by atoms with Crippen molar-refractivity contribution in [2.75, 3.05) is 26.7 Å². The zero-order valence-electron chi connectivity index (χ0n) is 13.3. The van der Waals surface area contributed by atoms with Crippen LogP contribution in [0.5, 0.6) is 5.75 Å². The lowest BCUT2D eigenvalue weighted by molar-refractivity contribution is 0.0564. The lowest BCUT2D eigenvalue weighted by Gasteiger charge is -2.36. The predicted molar refractivity (Wildman–Crippen MR) is 96.7 cm³/mol. The minimum atomic E-state index is -1.21. The number of rotatable bonds is 5. The van der Waals surface area contributed by atoms with Gasteiger partial charge < -0.3 is 9.64 Å². The van der Waals surface area contributed by atoms with Gasteiger partial charge >= 0.3 is 0 Å². The van der Waals surface area contributed by atoms with Gasteiger partial charge in [0.15, 0.2) is 0 Å². The van der Waals surface area contributed by atoms with Gasteiger partial charge in [-0.15, -0.1) is 12.4 Å². The number of likely N-dealkylation sites (tertiary alicyclic amines) is 1. The summed E-state index contributed by atoms with van der Waals surface area (Å²) < 4.78 is 20.4. The van der Waals surface area contributed by atoms with Gasteiger partial charge in [0, 0.05) is 19.6 Å². The molecule has 1 aliphatic heterocycles. The Bertz CT molecular complexity index is 597. The second kappa shape index (κ2) is 8.13. The number of benzene rings is 1. The number of hydrogen-bond donors (Lipinski definition) is 0. The molecule has 0 unspecified atom stereocenters. The first-order valence-electron chi connectivity index (χ1n) is 7.76. The molecule has 1 saturated heterocycles.